The minimum absolute atomic E-state index is 0.131. The van der Waals surface area contributed by atoms with E-state index in [1.807, 2.05) is 6.20 Å². The van der Waals surface area contributed by atoms with E-state index >= 15 is 0 Å². The van der Waals surface area contributed by atoms with E-state index < -0.39 is 17.9 Å². The van der Waals surface area contributed by atoms with Gasteiger partial charge in [-0.05, 0) is 67.9 Å². The highest BCUT2D eigenvalue weighted by Gasteiger charge is 2.79. The lowest BCUT2D eigenvalue weighted by Crippen LogP contribution is -2.55. The molecule has 9 nitrogen and oxygen atoms in total. The summed E-state index contributed by atoms with van der Waals surface area (Å²) in [4.78, 5) is 10.8. The highest BCUT2D eigenvalue weighted by atomic mass is 127. The van der Waals surface area contributed by atoms with Crippen molar-refractivity contribution in [1.82, 2.24) is 24.8 Å². The third-order valence-electron chi connectivity index (χ3n) is 7.52. The largest absolute Gasteiger partial charge is 0.385 e. The molecule has 0 radical (unpaired) electrons. The summed E-state index contributed by atoms with van der Waals surface area (Å²) < 4.78 is 8.93. The van der Waals surface area contributed by atoms with Gasteiger partial charge in [0.05, 0.1) is 11.4 Å². The van der Waals surface area contributed by atoms with Gasteiger partial charge in [0.15, 0.2) is 6.23 Å². The van der Waals surface area contributed by atoms with Gasteiger partial charge in [-0.15, -0.1) is 0 Å². The lowest BCUT2D eigenvalue weighted by molar-refractivity contribution is -0.0949. The van der Waals surface area contributed by atoms with Gasteiger partial charge >= 0.3 is 0 Å². The second-order valence-corrected chi connectivity index (χ2v) is 10.00. The van der Waals surface area contributed by atoms with Crippen LogP contribution in [0.2, 0.25) is 0 Å². The third kappa shape index (κ3) is 2.38. The van der Waals surface area contributed by atoms with Gasteiger partial charge in [-0.2, -0.15) is 0 Å². The number of halogens is 1. The molecule has 10 heteroatoms. The number of nitrogen functional groups attached to an aromatic ring is 1. The maximum absolute atomic E-state index is 11.4. The highest BCUT2D eigenvalue weighted by molar-refractivity contribution is 14.1. The molecular formula is C19H25IN6O3. The summed E-state index contributed by atoms with van der Waals surface area (Å²) in [7, 11) is 0. The number of likely N-dealkylation sites (tertiary alicyclic amines) is 1. The highest BCUT2D eigenvalue weighted by Crippen LogP contribution is 2.59. The van der Waals surface area contributed by atoms with E-state index in [-0.39, 0.29) is 17.7 Å². The fourth-order valence-electron chi connectivity index (χ4n) is 6.03. The molecule has 5 N–H and O–H groups in total. The molecule has 156 valence electrons. The molecule has 1 saturated carbocycles. The van der Waals surface area contributed by atoms with Crippen LogP contribution >= 0.6 is 22.6 Å². The van der Waals surface area contributed by atoms with Crippen molar-refractivity contribution >= 4 is 39.4 Å². The summed E-state index contributed by atoms with van der Waals surface area (Å²) in [5.41, 5.74) is 5.52. The molecule has 3 aliphatic heterocycles. The predicted octanol–water partition coefficient (Wildman–Crippen LogP) is 0.208. The molecule has 5 atom stereocenters. The zero-order valence-corrected chi connectivity index (χ0v) is 18.1. The second kappa shape index (κ2) is 6.24. The molecule has 3 saturated heterocycles. The number of aliphatic hydroxyl groups excluding tert-OH is 1. The number of hydrogen-bond donors (Lipinski definition) is 4. The van der Waals surface area contributed by atoms with Crippen molar-refractivity contribution in [3.05, 3.63) is 16.1 Å². The number of nitrogens with two attached hydrogens (primary N) is 1. The zero-order valence-electron chi connectivity index (χ0n) is 16.0. The van der Waals surface area contributed by atoms with E-state index in [2.05, 4.69) is 42.8 Å². The van der Waals surface area contributed by atoms with Crippen LogP contribution in [0.4, 0.5) is 5.82 Å². The Morgan fingerprint density at radius 2 is 2.07 bits per heavy atom. The van der Waals surface area contributed by atoms with E-state index in [0.29, 0.717) is 11.5 Å². The first-order chi connectivity index (χ1) is 14.0. The SMILES string of the molecule is Nc1ncnc2c1c(I)cn2[C@@H]1O[C@@H]2C(N3CCCC34CCNCC4)[C@]2(O)[C@H]1O. The molecule has 2 aromatic rings. The predicted molar refractivity (Wildman–Crippen MR) is 114 cm³/mol. The number of piperidine rings is 1. The molecule has 2 aromatic heterocycles. The molecule has 29 heavy (non-hydrogen) atoms. The van der Waals surface area contributed by atoms with Crippen LogP contribution < -0.4 is 11.1 Å². The van der Waals surface area contributed by atoms with Gasteiger partial charge in [-0.1, -0.05) is 0 Å². The van der Waals surface area contributed by atoms with Crippen molar-refractivity contribution in [1.29, 1.82) is 0 Å². The molecular weight excluding hydrogens is 487 g/mol. The number of fused-ring (bicyclic) bond motifs is 2. The maximum atomic E-state index is 11.4. The Hall–Kier alpha value is -1.05. The number of ether oxygens (including phenoxy) is 1. The average molecular weight is 512 g/mol. The lowest BCUT2D eigenvalue weighted by atomic mass is 9.85. The van der Waals surface area contributed by atoms with Crippen LogP contribution in [-0.2, 0) is 4.74 Å². The standard InChI is InChI=1S/C19H25IN6O3/c20-10-8-25(16-11(10)15(21)23-9-24-16)17-13(27)19(28)12(14(19)29-17)26-7-1-2-18(26)3-5-22-6-4-18/h8-9,12-14,17,22,27-28H,1-7H2,(H2,21,23,24)/t12?,13-,14+,17+,19-/m0/s1. The Morgan fingerprint density at radius 3 is 2.79 bits per heavy atom. The van der Waals surface area contributed by atoms with E-state index in [9.17, 15) is 10.2 Å². The molecule has 1 unspecified atom stereocenters. The second-order valence-electron chi connectivity index (χ2n) is 8.84. The Morgan fingerprint density at radius 1 is 1.28 bits per heavy atom. The number of nitrogens with one attached hydrogen (secondary N) is 1. The van der Waals surface area contributed by atoms with Crippen LogP contribution in [0, 0.1) is 3.57 Å². The van der Waals surface area contributed by atoms with Crippen molar-refractivity contribution in [3.63, 3.8) is 0 Å². The van der Waals surface area contributed by atoms with Crippen LogP contribution in [0.3, 0.4) is 0 Å². The summed E-state index contributed by atoms with van der Waals surface area (Å²) in [5, 5.41) is 26.8. The van der Waals surface area contributed by atoms with E-state index in [0.717, 1.165) is 54.3 Å². The first-order valence-electron chi connectivity index (χ1n) is 10.3. The van der Waals surface area contributed by atoms with Crippen LogP contribution in [0.1, 0.15) is 31.9 Å². The summed E-state index contributed by atoms with van der Waals surface area (Å²) in [6.45, 7) is 2.97. The summed E-state index contributed by atoms with van der Waals surface area (Å²) >= 11 is 2.18. The topological polar surface area (TPSA) is 122 Å². The lowest BCUT2D eigenvalue weighted by Gasteiger charge is -2.43. The molecule has 4 aliphatic rings. The van der Waals surface area contributed by atoms with E-state index in [4.69, 9.17) is 10.5 Å². The van der Waals surface area contributed by atoms with Crippen molar-refractivity contribution in [2.24, 2.45) is 0 Å². The fraction of sp³-hybridized carbons (Fsp3) is 0.684. The number of anilines is 1. The van der Waals surface area contributed by atoms with E-state index in [1.54, 1.807) is 4.57 Å². The summed E-state index contributed by atoms with van der Waals surface area (Å²) in [6.07, 6.45) is 5.63. The number of aromatic nitrogens is 3. The summed E-state index contributed by atoms with van der Waals surface area (Å²) in [5.74, 6) is 0.400. The smallest absolute Gasteiger partial charge is 0.164 e. The number of nitrogens with zero attached hydrogens (tertiary/aromatic N) is 4. The van der Waals surface area contributed by atoms with Gasteiger partial charge in [-0.3, -0.25) is 4.90 Å². The first-order valence-corrected chi connectivity index (χ1v) is 11.4. The maximum Gasteiger partial charge on any atom is 0.164 e. The monoisotopic (exact) mass is 512 g/mol. The van der Waals surface area contributed by atoms with Gasteiger partial charge in [0.2, 0.25) is 0 Å². The quantitative estimate of drug-likeness (QED) is 0.422. The van der Waals surface area contributed by atoms with Crippen molar-refractivity contribution in [2.45, 2.75) is 61.3 Å². The molecule has 0 aromatic carbocycles. The van der Waals surface area contributed by atoms with Gasteiger partial charge in [0.25, 0.3) is 0 Å². The Bertz CT molecular complexity index is 978. The zero-order chi connectivity index (χ0) is 20.0. The third-order valence-corrected chi connectivity index (χ3v) is 8.34. The van der Waals surface area contributed by atoms with Crippen LogP contribution in [0.5, 0.6) is 0 Å². The van der Waals surface area contributed by atoms with Crippen LogP contribution in [0.25, 0.3) is 11.0 Å². The van der Waals surface area contributed by atoms with Crippen molar-refractivity contribution < 1.29 is 14.9 Å². The minimum atomic E-state index is -1.24. The summed E-state index contributed by atoms with van der Waals surface area (Å²) in [6, 6.07) is -0.144. The van der Waals surface area contributed by atoms with Crippen LogP contribution in [-0.4, -0.2) is 78.7 Å². The number of aliphatic hydroxyl groups is 2. The molecule has 4 fully saturated rings. The number of hydrogen-bond acceptors (Lipinski definition) is 8. The molecule has 5 heterocycles. The van der Waals surface area contributed by atoms with Crippen molar-refractivity contribution in [3.8, 4) is 0 Å². The average Bonchev–Trinajstić information content (AvgIpc) is 3.00. The van der Waals surface area contributed by atoms with E-state index in [1.165, 1.54) is 6.33 Å². The van der Waals surface area contributed by atoms with Gasteiger partial charge in [0, 0.05) is 15.3 Å². The van der Waals surface area contributed by atoms with Gasteiger partial charge in [-0.25, -0.2) is 9.97 Å². The first kappa shape index (κ1) is 18.7. The minimum Gasteiger partial charge on any atom is -0.385 e. The van der Waals surface area contributed by atoms with Gasteiger partial charge < -0.3 is 30.6 Å². The molecule has 1 aliphatic carbocycles. The van der Waals surface area contributed by atoms with Crippen molar-refractivity contribution in [2.75, 3.05) is 25.4 Å². The van der Waals surface area contributed by atoms with Crippen LogP contribution in [0.15, 0.2) is 12.5 Å². The fourth-order valence-corrected chi connectivity index (χ4v) is 6.85. The molecule has 6 rings (SSSR count). The normalized spacial score (nSPS) is 38.7. The Kier molecular flexibility index (Phi) is 4.02. The Labute approximate surface area is 181 Å². The molecule has 0 bridgehead atoms. The molecule has 0 amide bonds. The molecule has 1 spiro atoms. The number of rotatable bonds is 2. The Balaban J connectivity index is 1.31. The van der Waals surface area contributed by atoms with Gasteiger partial charge in [0.1, 0.15) is 35.6 Å².